The highest BCUT2D eigenvalue weighted by molar-refractivity contribution is 5.26. The zero-order valence-electron chi connectivity index (χ0n) is 7.56. The molecule has 0 aliphatic carbocycles. The molecule has 1 aromatic carbocycles. The normalized spacial score (nSPS) is 26.8. The van der Waals surface area contributed by atoms with Gasteiger partial charge in [0.05, 0.1) is 0 Å². The number of nitrogens with one attached hydrogen (secondary N) is 1. The summed E-state index contributed by atoms with van der Waals surface area (Å²) in [4.78, 5) is 0. The lowest BCUT2D eigenvalue weighted by molar-refractivity contribution is 0.0548. The minimum absolute atomic E-state index is 0.170. The molecular weight excluding hydrogens is 188 g/mol. The molecule has 0 aromatic heterocycles. The minimum Gasteiger partial charge on any atom is -0.384 e. The van der Waals surface area contributed by atoms with Crippen molar-refractivity contribution in [2.24, 2.45) is 0 Å². The summed E-state index contributed by atoms with van der Waals surface area (Å²) in [5.74, 6) is -1.31. The highest BCUT2D eigenvalue weighted by atomic mass is 19.1. The minimum atomic E-state index is -1.18. The fraction of sp³-hybridized carbons (Fsp3) is 0.400. The van der Waals surface area contributed by atoms with Crippen LogP contribution in [-0.2, 0) is 5.60 Å². The molecule has 1 heterocycles. The summed E-state index contributed by atoms with van der Waals surface area (Å²) in [5.41, 5.74) is -1.01. The van der Waals surface area contributed by atoms with E-state index in [9.17, 15) is 13.9 Å². The molecule has 1 aromatic rings. The maximum absolute atomic E-state index is 13.3. The third-order valence-corrected chi connectivity index (χ3v) is 2.57. The number of aliphatic hydroxyl groups is 1. The summed E-state index contributed by atoms with van der Waals surface area (Å²) in [6.07, 6.45) is 0.454. The van der Waals surface area contributed by atoms with E-state index in [4.69, 9.17) is 0 Å². The van der Waals surface area contributed by atoms with Crippen molar-refractivity contribution in [1.82, 2.24) is 5.32 Å². The molecule has 0 saturated carbocycles. The fourth-order valence-electron chi connectivity index (χ4n) is 1.78. The molecular formula is C10H11F2NO. The Hall–Kier alpha value is -1.00. The Balaban J connectivity index is 2.40. The van der Waals surface area contributed by atoms with Crippen LogP contribution in [0.1, 0.15) is 12.0 Å². The second-order valence-electron chi connectivity index (χ2n) is 3.58. The summed E-state index contributed by atoms with van der Waals surface area (Å²) in [6.45, 7) is 0.961. The third-order valence-electron chi connectivity index (χ3n) is 2.57. The van der Waals surface area contributed by atoms with Crippen molar-refractivity contribution in [2.45, 2.75) is 12.0 Å². The van der Waals surface area contributed by atoms with E-state index in [0.717, 1.165) is 12.1 Å². The number of halogens is 2. The zero-order valence-corrected chi connectivity index (χ0v) is 7.56. The monoisotopic (exact) mass is 199 g/mol. The molecule has 2 rings (SSSR count). The summed E-state index contributed by atoms with van der Waals surface area (Å²) in [7, 11) is 0. The van der Waals surface area contributed by atoms with Crippen molar-refractivity contribution in [3.8, 4) is 0 Å². The maximum atomic E-state index is 13.3. The third kappa shape index (κ3) is 1.51. The van der Waals surface area contributed by atoms with Crippen molar-refractivity contribution in [3.63, 3.8) is 0 Å². The maximum Gasteiger partial charge on any atom is 0.132 e. The molecule has 2 nitrogen and oxygen atoms in total. The molecule has 1 saturated heterocycles. The van der Waals surface area contributed by atoms with E-state index in [1.807, 2.05) is 0 Å². The van der Waals surface area contributed by atoms with Gasteiger partial charge in [-0.3, -0.25) is 0 Å². The summed E-state index contributed by atoms with van der Waals surface area (Å²) >= 11 is 0. The predicted molar refractivity (Wildman–Crippen MR) is 47.7 cm³/mol. The van der Waals surface area contributed by atoms with Crippen LogP contribution in [0.4, 0.5) is 8.78 Å². The highest BCUT2D eigenvalue weighted by Crippen LogP contribution is 2.29. The Morgan fingerprint density at radius 3 is 2.71 bits per heavy atom. The second kappa shape index (κ2) is 3.29. The van der Waals surface area contributed by atoms with Gasteiger partial charge in [0.25, 0.3) is 0 Å². The van der Waals surface area contributed by atoms with Crippen LogP contribution in [0.5, 0.6) is 0 Å². The van der Waals surface area contributed by atoms with Gasteiger partial charge in [0.1, 0.15) is 17.2 Å². The fourth-order valence-corrected chi connectivity index (χ4v) is 1.78. The Morgan fingerprint density at radius 2 is 2.14 bits per heavy atom. The molecule has 76 valence electrons. The zero-order chi connectivity index (χ0) is 10.2. The Labute approximate surface area is 80.6 Å². The van der Waals surface area contributed by atoms with Gasteiger partial charge in [0.15, 0.2) is 0 Å². The number of β-amino-alcohol motifs (C(OH)–C–C–N with tert-alkyl or cyclic N) is 1. The van der Waals surface area contributed by atoms with E-state index in [-0.39, 0.29) is 5.56 Å². The van der Waals surface area contributed by atoms with E-state index < -0.39 is 17.2 Å². The molecule has 2 N–H and O–H groups in total. The van der Waals surface area contributed by atoms with Crippen LogP contribution >= 0.6 is 0 Å². The van der Waals surface area contributed by atoms with Gasteiger partial charge in [-0.1, -0.05) is 6.07 Å². The smallest absolute Gasteiger partial charge is 0.132 e. The Bertz CT molecular complexity index is 348. The van der Waals surface area contributed by atoms with E-state index in [0.29, 0.717) is 19.5 Å². The Morgan fingerprint density at radius 1 is 1.36 bits per heavy atom. The summed E-state index contributed by atoms with van der Waals surface area (Å²) in [5, 5.41) is 13.0. The molecule has 14 heavy (non-hydrogen) atoms. The number of hydrogen-bond donors (Lipinski definition) is 2. The molecule has 0 radical (unpaired) electrons. The summed E-state index contributed by atoms with van der Waals surface area (Å²) < 4.78 is 25.9. The average molecular weight is 199 g/mol. The molecule has 0 bridgehead atoms. The Kier molecular flexibility index (Phi) is 2.25. The van der Waals surface area contributed by atoms with Gasteiger partial charge >= 0.3 is 0 Å². The largest absolute Gasteiger partial charge is 0.384 e. The molecule has 0 unspecified atom stereocenters. The van der Waals surface area contributed by atoms with Crippen LogP contribution in [-0.4, -0.2) is 18.2 Å². The van der Waals surface area contributed by atoms with Crippen LogP contribution in [0.15, 0.2) is 18.2 Å². The van der Waals surface area contributed by atoms with Crippen LogP contribution in [0.2, 0.25) is 0 Å². The van der Waals surface area contributed by atoms with Crippen LogP contribution in [0, 0.1) is 11.6 Å². The van der Waals surface area contributed by atoms with Crippen molar-refractivity contribution in [1.29, 1.82) is 0 Å². The van der Waals surface area contributed by atoms with Gasteiger partial charge in [-0.05, 0) is 19.0 Å². The molecule has 1 fully saturated rings. The van der Waals surface area contributed by atoms with Crippen molar-refractivity contribution in [2.75, 3.05) is 13.1 Å². The first-order chi connectivity index (χ1) is 6.62. The van der Waals surface area contributed by atoms with Gasteiger partial charge in [-0.15, -0.1) is 0 Å². The number of rotatable bonds is 1. The lowest BCUT2D eigenvalue weighted by atomic mass is 9.92. The van der Waals surface area contributed by atoms with Gasteiger partial charge < -0.3 is 10.4 Å². The van der Waals surface area contributed by atoms with Gasteiger partial charge in [-0.25, -0.2) is 8.78 Å². The topological polar surface area (TPSA) is 32.3 Å². The molecule has 0 amide bonds. The molecule has 0 spiro atoms. The highest BCUT2D eigenvalue weighted by Gasteiger charge is 2.35. The van der Waals surface area contributed by atoms with Crippen LogP contribution in [0.3, 0.4) is 0 Å². The first-order valence-corrected chi connectivity index (χ1v) is 4.50. The molecule has 1 aliphatic heterocycles. The first-order valence-electron chi connectivity index (χ1n) is 4.50. The SMILES string of the molecule is O[C@]1(c2ccc(F)cc2F)CCNC1. The molecule has 4 heteroatoms. The van der Waals surface area contributed by atoms with Crippen molar-refractivity contribution < 1.29 is 13.9 Å². The summed E-state index contributed by atoms with van der Waals surface area (Å²) in [6, 6.07) is 3.26. The van der Waals surface area contributed by atoms with E-state index in [1.165, 1.54) is 6.07 Å². The van der Waals surface area contributed by atoms with Crippen molar-refractivity contribution in [3.05, 3.63) is 35.4 Å². The molecule has 1 aliphatic rings. The molecule has 1 atom stereocenters. The van der Waals surface area contributed by atoms with Crippen molar-refractivity contribution >= 4 is 0 Å². The van der Waals surface area contributed by atoms with E-state index >= 15 is 0 Å². The van der Waals surface area contributed by atoms with Gasteiger partial charge in [-0.2, -0.15) is 0 Å². The lowest BCUT2D eigenvalue weighted by Gasteiger charge is -2.22. The van der Waals surface area contributed by atoms with E-state index in [2.05, 4.69) is 5.32 Å². The van der Waals surface area contributed by atoms with Crippen LogP contribution < -0.4 is 5.32 Å². The second-order valence-corrected chi connectivity index (χ2v) is 3.58. The van der Waals surface area contributed by atoms with Gasteiger partial charge in [0.2, 0.25) is 0 Å². The van der Waals surface area contributed by atoms with E-state index in [1.54, 1.807) is 0 Å². The predicted octanol–water partition coefficient (Wildman–Crippen LogP) is 1.15. The average Bonchev–Trinajstić information content (AvgIpc) is 2.52. The number of hydrogen-bond acceptors (Lipinski definition) is 2. The van der Waals surface area contributed by atoms with Gasteiger partial charge in [0, 0.05) is 18.2 Å². The number of benzene rings is 1. The standard InChI is InChI=1S/C10H11F2NO/c11-7-1-2-8(9(12)5-7)10(14)3-4-13-6-10/h1-2,5,13-14H,3-4,6H2/t10-/m1/s1. The van der Waals surface area contributed by atoms with Crippen LogP contribution in [0.25, 0.3) is 0 Å². The lowest BCUT2D eigenvalue weighted by Crippen LogP contribution is -2.29. The first kappa shape index (κ1) is 9.55. The quantitative estimate of drug-likeness (QED) is 0.711.